The average molecular weight is 300 g/mol. The highest BCUT2D eigenvalue weighted by atomic mass is 16.5. The van der Waals surface area contributed by atoms with Gasteiger partial charge in [0, 0.05) is 6.42 Å². The molecule has 1 aromatic carbocycles. The van der Waals surface area contributed by atoms with Gasteiger partial charge in [0.2, 0.25) is 0 Å². The number of carbonyl (C=O) groups is 1. The normalized spacial score (nSPS) is 18.3. The highest BCUT2D eigenvalue weighted by Gasteiger charge is 2.30. The Morgan fingerprint density at radius 3 is 2.73 bits per heavy atom. The number of benzene rings is 1. The molecule has 116 valence electrons. The van der Waals surface area contributed by atoms with E-state index in [-0.39, 0.29) is 24.0 Å². The first kappa shape index (κ1) is 16.0. The maximum absolute atomic E-state index is 12.1. The highest BCUT2D eigenvalue weighted by molar-refractivity contribution is 5.96. The first-order chi connectivity index (χ1) is 10.6. The van der Waals surface area contributed by atoms with E-state index >= 15 is 0 Å². The zero-order valence-corrected chi connectivity index (χ0v) is 12.7. The third-order valence-electron chi connectivity index (χ3n) is 3.69. The van der Waals surface area contributed by atoms with Gasteiger partial charge in [-0.05, 0) is 42.7 Å². The SMILES string of the molecule is C/C=C/C=C/C=C/[C@@H]1Cc2c(C)c(CO)cc(O)c2C(=O)O1. The molecule has 2 N–H and O–H groups in total. The van der Waals surface area contributed by atoms with E-state index in [0.29, 0.717) is 12.0 Å². The van der Waals surface area contributed by atoms with Crippen molar-refractivity contribution in [3.8, 4) is 5.75 Å². The van der Waals surface area contributed by atoms with Crippen molar-refractivity contribution >= 4 is 5.97 Å². The van der Waals surface area contributed by atoms with Crippen molar-refractivity contribution < 1.29 is 19.7 Å². The summed E-state index contributed by atoms with van der Waals surface area (Å²) in [6.45, 7) is 3.60. The van der Waals surface area contributed by atoms with Crippen molar-refractivity contribution in [3.63, 3.8) is 0 Å². The molecule has 0 fully saturated rings. The molecule has 0 radical (unpaired) electrons. The van der Waals surface area contributed by atoms with Crippen LogP contribution in [0.2, 0.25) is 0 Å². The van der Waals surface area contributed by atoms with Crippen LogP contribution in [0.1, 0.15) is 34.0 Å². The smallest absolute Gasteiger partial charge is 0.342 e. The molecule has 1 atom stereocenters. The number of phenols is 1. The summed E-state index contributed by atoms with van der Waals surface area (Å²) < 4.78 is 5.33. The molecule has 0 aliphatic carbocycles. The van der Waals surface area contributed by atoms with Gasteiger partial charge in [-0.3, -0.25) is 0 Å². The summed E-state index contributed by atoms with van der Waals surface area (Å²) in [5, 5.41) is 19.3. The van der Waals surface area contributed by atoms with Crippen molar-refractivity contribution in [1.82, 2.24) is 0 Å². The number of aromatic hydroxyl groups is 1. The minimum absolute atomic E-state index is 0.134. The predicted octanol–water partition coefficient (Wildman–Crippen LogP) is 2.96. The lowest BCUT2D eigenvalue weighted by Crippen LogP contribution is -2.27. The van der Waals surface area contributed by atoms with Crippen LogP contribution in [-0.4, -0.2) is 22.3 Å². The number of phenolic OH excluding ortho intramolecular Hbond substituents is 1. The lowest BCUT2D eigenvalue weighted by molar-refractivity contribution is 0.0352. The first-order valence-electron chi connectivity index (χ1n) is 7.20. The molecule has 0 amide bonds. The molecule has 1 aliphatic heterocycles. The van der Waals surface area contributed by atoms with Gasteiger partial charge in [-0.2, -0.15) is 0 Å². The maximum atomic E-state index is 12.1. The third kappa shape index (κ3) is 3.28. The summed E-state index contributed by atoms with van der Waals surface area (Å²) in [5.74, 6) is -0.663. The van der Waals surface area contributed by atoms with E-state index in [4.69, 9.17) is 4.74 Å². The minimum Gasteiger partial charge on any atom is -0.507 e. The van der Waals surface area contributed by atoms with Crippen molar-refractivity contribution in [2.45, 2.75) is 33.0 Å². The Morgan fingerprint density at radius 1 is 1.32 bits per heavy atom. The number of allylic oxidation sites excluding steroid dienone is 5. The number of aliphatic hydroxyl groups excluding tert-OH is 1. The molecule has 1 aliphatic rings. The van der Waals surface area contributed by atoms with Gasteiger partial charge in [0.05, 0.1) is 6.61 Å². The second-order valence-electron chi connectivity index (χ2n) is 5.13. The Labute approximate surface area is 130 Å². The van der Waals surface area contributed by atoms with Crippen molar-refractivity contribution in [1.29, 1.82) is 0 Å². The van der Waals surface area contributed by atoms with Gasteiger partial charge in [0.25, 0.3) is 0 Å². The molecule has 4 nitrogen and oxygen atoms in total. The van der Waals surface area contributed by atoms with Gasteiger partial charge in [-0.15, -0.1) is 0 Å². The van der Waals surface area contributed by atoms with Crippen LogP contribution in [0.25, 0.3) is 0 Å². The molecule has 4 heteroatoms. The predicted molar refractivity (Wildman–Crippen MR) is 84.8 cm³/mol. The van der Waals surface area contributed by atoms with Crippen LogP contribution >= 0.6 is 0 Å². The standard InChI is InChI=1S/C18H20O4/c1-3-4-5-6-7-8-14-10-15-12(2)13(11-19)9-16(20)17(15)18(21)22-14/h3-9,14,19-20H,10-11H2,1-2H3/b4-3+,6-5+,8-7+/t14-/m1/s1. The molecule has 0 spiro atoms. The van der Waals surface area contributed by atoms with Crippen LogP contribution in [0.15, 0.2) is 42.5 Å². The van der Waals surface area contributed by atoms with Crippen LogP contribution in [-0.2, 0) is 17.8 Å². The number of aliphatic hydroxyl groups is 1. The summed E-state index contributed by atoms with van der Waals surface area (Å²) in [5.41, 5.74) is 2.41. The Morgan fingerprint density at radius 2 is 2.05 bits per heavy atom. The zero-order valence-electron chi connectivity index (χ0n) is 12.7. The molecule has 0 unspecified atom stereocenters. The monoisotopic (exact) mass is 300 g/mol. The fourth-order valence-corrected chi connectivity index (χ4v) is 2.50. The maximum Gasteiger partial charge on any atom is 0.342 e. The fraction of sp³-hybridized carbons (Fsp3) is 0.278. The van der Waals surface area contributed by atoms with Crippen LogP contribution < -0.4 is 0 Å². The van der Waals surface area contributed by atoms with E-state index in [0.717, 1.165) is 11.1 Å². The summed E-state index contributed by atoms with van der Waals surface area (Å²) in [4.78, 5) is 12.1. The largest absolute Gasteiger partial charge is 0.507 e. The summed E-state index contributed by atoms with van der Waals surface area (Å²) >= 11 is 0. The number of fused-ring (bicyclic) bond motifs is 1. The number of hydrogen-bond donors (Lipinski definition) is 2. The highest BCUT2D eigenvalue weighted by Crippen LogP contribution is 2.33. The van der Waals surface area contributed by atoms with E-state index in [2.05, 4.69) is 0 Å². The van der Waals surface area contributed by atoms with E-state index < -0.39 is 5.97 Å². The molecule has 1 heterocycles. The Bertz CT molecular complexity index is 654. The lowest BCUT2D eigenvalue weighted by atomic mass is 9.90. The third-order valence-corrected chi connectivity index (χ3v) is 3.69. The topological polar surface area (TPSA) is 66.8 Å². The van der Waals surface area contributed by atoms with Crippen molar-refractivity contribution in [2.24, 2.45) is 0 Å². The van der Waals surface area contributed by atoms with Crippen LogP contribution in [0.4, 0.5) is 0 Å². The number of esters is 1. The number of ether oxygens (including phenoxy) is 1. The van der Waals surface area contributed by atoms with Gasteiger partial charge in [-0.1, -0.05) is 30.4 Å². The van der Waals surface area contributed by atoms with Crippen molar-refractivity contribution in [2.75, 3.05) is 0 Å². The van der Waals surface area contributed by atoms with E-state index in [1.165, 1.54) is 6.07 Å². The Balaban J connectivity index is 2.29. The Hall–Kier alpha value is -2.33. The van der Waals surface area contributed by atoms with Gasteiger partial charge in [-0.25, -0.2) is 4.79 Å². The summed E-state index contributed by atoms with van der Waals surface area (Å²) in [6.07, 6.45) is 11.3. The minimum atomic E-state index is -0.529. The molecule has 0 aromatic heterocycles. The second-order valence-corrected chi connectivity index (χ2v) is 5.13. The molecule has 0 saturated carbocycles. The average Bonchev–Trinajstić information content (AvgIpc) is 2.50. The van der Waals surface area contributed by atoms with E-state index in [1.807, 2.05) is 50.3 Å². The molecular formula is C18H20O4. The number of rotatable bonds is 4. The summed E-state index contributed by atoms with van der Waals surface area (Å²) in [6, 6.07) is 1.42. The van der Waals surface area contributed by atoms with E-state index in [1.54, 1.807) is 0 Å². The van der Waals surface area contributed by atoms with Crippen LogP contribution in [0.5, 0.6) is 5.75 Å². The summed E-state index contributed by atoms with van der Waals surface area (Å²) in [7, 11) is 0. The second kappa shape index (κ2) is 7.09. The fourth-order valence-electron chi connectivity index (χ4n) is 2.50. The zero-order chi connectivity index (χ0) is 16.1. The van der Waals surface area contributed by atoms with Crippen molar-refractivity contribution in [3.05, 3.63) is 64.8 Å². The van der Waals surface area contributed by atoms with Crippen LogP contribution in [0, 0.1) is 6.92 Å². The van der Waals surface area contributed by atoms with Gasteiger partial charge in [0.1, 0.15) is 17.4 Å². The van der Waals surface area contributed by atoms with Gasteiger partial charge < -0.3 is 14.9 Å². The molecular weight excluding hydrogens is 280 g/mol. The molecule has 22 heavy (non-hydrogen) atoms. The number of cyclic esters (lactones) is 1. The van der Waals surface area contributed by atoms with Gasteiger partial charge >= 0.3 is 5.97 Å². The lowest BCUT2D eigenvalue weighted by Gasteiger charge is -2.25. The molecule has 0 bridgehead atoms. The van der Waals surface area contributed by atoms with E-state index in [9.17, 15) is 15.0 Å². The first-order valence-corrected chi connectivity index (χ1v) is 7.20. The Kier molecular flexibility index (Phi) is 5.17. The molecule has 1 aromatic rings. The number of carbonyl (C=O) groups excluding carboxylic acids is 1. The van der Waals surface area contributed by atoms with Crippen LogP contribution in [0.3, 0.4) is 0 Å². The van der Waals surface area contributed by atoms with Gasteiger partial charge in [0.15, 0.2) is 0 Å². The molecule has 2 rings (SSSR count). The number of hydrogen-bond acceptors (Lipinski definition) is 4. The quantitative estimate of drug-likeness (QED) is 0.662. The molecule has 0 saturated heterocycles.